The van der Waals surface area contributed by atoms with E-state index in [1.807, 2.05) is 0 Å². The van der Waals surface area contributed by atoms with E-state index < -0.39 is 0 Å². The number of nitrogens with one attached hydrogen (secondary N) is 3. The molecule has 0 aliphatic carbocycles. The topological polar surface area (TPSA) is 54.5 Å². The molecule has 5 heteroatoms. The lowest BCUT2D eigenvalue weighted by molar-refractivity contribution is -0.0175. The van der Waals surface area contributed by atoms with Gasteiger partial charge in [0.15, 0.2) is 0 Å². The first-order chi connectivity index (χ1) is 24.3. The highest BCUT2D eigenvalue weighted by Gasteiger charge is 2.09. The van der Waals surface area contributed by atoms with Crippen LogP contribution >= 0.6 is 0 Å². The van der Waals surface area contributed by atoms with E-state index in [4.69, 9.17) is 9.47 Å². The molecule has 0 aromatic rings. The first-order valence-corrected chi connectivity index (χ1v) is 22.7. The van der Waals surface area contributed by atoms with Gasteiger partial charge in [-0.1, -0.05) is 188 Å². The molecule has 0 aromatic carbocycles. The quantitative estimate of drug-likeness (QED) is 0.0554. The van der Waals surface area contributed by atoms with Crippen molar-refractivity contribution in [3.05, 3.63) is 0 Å². The molecule has 0 bridgehead atoms. The van der Waals surface area contributed by atoms with Gasteiger partial charge in [-0.05, 0) is 64.8 Å². The van der Waals surface area contributed by atoms with Crippen molar-refractivity contribution in [1.29, 1.82) is 0 Å². The van der Waals surface area contributed by atoms with E-state index in [9.17, 15) is 0 Å². The molecular weight excluding hydrogens is 603 g/mol. The monoisotopic (exact) mass is 696 g/mol. The second-order valence-corrected chi connectivity index (χ2v) is 15.1. The molecule has 0 rings (SSSR count). The molecule has 5 nitrogen and oxygen atoms in total. The molecule has 0 saturated heterocycles. The SMILES string of the molecule is CCCCCCCCCCCCCCCCOCC(CNCCCCNCCCNCC)OCCCCCCCCCCCCCCCC. The molecule has 1 unspecified atom stereocenters. The largest absolute Gasteiger partial charge is 0.379 e. The first kappa shape index (κ1) is 48.8. The van der Waals surface area contributed by atoms with E-state index in [0.717, 1.165) is 59.1 Å². The van der Waals surface area contributed by atoms with Crippen LogP contribution in [0.3, 0.4) is 0 Å². The van der Waals surface area contributed by atoms with Gasteiger partial charge < -0.3 is 25.4 Å². The Kier molecular flexibility index (Phi) is 45.6. The average molecular weight is 696 g/mol. The molecule has 0 aliphatic rings. The normalized spacial score (nSPS) is 12.3. The molecule has 0 radical (unpaired) electrons. The van der Waals surface area contributed by atoms with Gasteiger partial charge >= 0.3 is 0 Å². The highest BCUT2D eigenvalue weighted by atomic mass is 16.5. The molecular formula is C44H93N3O2. The maximum absolute atomic E-state index is 6.36. The Morgan fingerprint density at radius 1 is 0.347 bits per heavy atom. The molecule has 0 spiro atoms. The Morgan fingerprint density at radius 2 is 0.714 bits per heavy atom. The predicted molar refractivity (Wildman–Crippen MR) is 219 cm³/mol. The highest BCUT2D eigenvalue weighted by molar-refractivity contribution is 4.63. The van der Waals surface area contributed by atoms with Gasteiger partial charge in [0.25, 0.3) is 0 Å². The van der Waals surface area contributed by atoms with Gasteiger partial charge in [-0.3, -0.25) is 0 Å². The van der Waals surface area contributed by atoms with E-state index in [2.05, 4.69) is 36.7 Å². The first-order valence-electron chi connectivity index (χ1n) is 22.7. The molecule has 3 N–H and O–H groups in total. The minimum Gasteiger partial charge on any atom is -0.379 e. The Bertz CT molecular complexity index is 564. The van der Waals surface area contributed by atoms with Crippen LogP contribution in [0.15, 0.2) is 0 Å². The minimum atomic E-state index is 0.179. The second-order valence-electron chi connectivity index (χ2n) is 15.1. The van der Waals surface area contributed by atoms with E-state index in [-0.39, 0.29) is 6.10 Å². The third-order valence-electron chi connectivity index (χ3n) is 10.1. The molecule has 0 aliphatic heterocycles. The summed E-state index contributed by atoms with van der Waals surface area (Å²) in [4.78, 5) is 0. The van der Waals surface area contributed by atoms with Crippen LogP contribution in [0.5, 0.6) is 0 Å². The number of rotatable bonds is 45. The van der Waals surface area contributed by atoms with E-state index >= 15 is 0 Å². The average Bonchev–Trinajstić information content (AvgIpc) is 3.11. The molecule has 0 amide bonds. The molecule has 0 fully saturated rings. The van der Waals surface area contributed by atoms with Gasteiger partial charge in [0.2, 0.25) is 0 Å². The fourth-order valence-electron chi connectivity index (χ4n) is 6.73. The van der Waals surface area contributed by atoms with Crippen LogP contribution in [-0.4, -0.2) is 65.2 Å². The summed E-state index contributed by atoms with van der Waals surface area (Å²) in [5.41, 5.74) is 0. The van der Waals surface area contributed by atoms with Gasteiger partial charge in [-0.25, -0.2) is 0 Å². The summed E-state index contributed by atoms with van der Waals surface area (Å²) in [6.45, 7) is 15.7. The lowest BCUT2D eigenvalue weighted by Gasteiger charge is -2.19. The van der Waals surface area contributed by atoms with Gasteiger partial charge in [-0.2, -0.15) is 0 Å². The van der Waals surface area contributed by atoms with Crippen LogP contribution in [0.1, 0.15) is 220 Å². The number of unbranched alkanes of at least 4 members (excludes halogenated alkanes) is 27. The van der Waals surface area contributed by atoms with Crippen LogP contribution in [0.2, 0.25) is 0 Å². The summed E-state index contributed by atoms with van der Waals surface area (Å²) in [5, 5.41) is 10.6. The molecule has 0 heterocycles. The molecule has 49 heavy (non-hydrogen) atoms. The third-order valence-corrected chi connectivity index (χ3v) is 10.1. The van der Waals surface area contributed by atoms with Crippen LogP contribution in [0, 0.1) is 0 Å². The van der Waals surface area contributed by atoms with Crippen molar-refractivity contribution in [3.8, 4) is 0 Å². The minimum absolute atomic E-state index is 0.179. The van der Waals surface area contributed by atoms with E-state index in [1.54, 1.807) is 0 Å². The summed E-state index contributed by atoms with van der Waals surface area (Å²) in [7, 11) is 0. The van der Waals surface area contributed by atoms with Crippen molar-refractivity contribution in [2.45, 2.75) is 226 Å². The van der Waals surface area contributed by atoms with Gasteiger partial charge in [-0.15, -0.1) is 0 Å². The van der Waals surface area contributed by atoms with Crippen LogP contribution in [0.25, 0.3) is 0 Å². The standard InChI is InChI=1S/C44H93N3O2/c1-4-7-9-11-13-15-17-19-21-23-25-27-29-33-40-48-43-44(42-47-37-32-31-36-46-39-35-38-45-6-3)49-41-34-30-28-26-24-22-20-18-16-14-12-10-8-5-2/h44-47H,4-43H2,1-3H3. The summed E-state index contributed by atoms with van der Waals surface area (Å²) >= 11 is 0. The Morgan fingerprint density at radius 3 is 1.16 bits per heavy atom. The lowest BCUT2D eigenvalue weighted by Crippen LogP contribution is -2.34. The number of hydrogen-bond donors (Lipinski definition) is 3. The maximum atomic E-state index is 6.36. The van der Waals surface area contributed by atoms with Crippen molar-refractivity contribution in [1.82, 2.24) is 16.0 Å². The fraction of sp³-hybridized carbons (Fsp3) is 1.00. The van der Waals surface area contributed by atoms with Crippen molar-refractivity contribution < 1.29 is 9.47 Å². The summed E-state index contributed by atoms with van der Waals surface area (Å²) < 4.78 is 12.5. The Labute approximate surface area is 309 Å². The molecule has 0 aromatic heterocycles. The fourth-order valence-corrected chi connectivity index (χ4v) is 6.73. The van der Waals surface area contributed by atoms with Gasteiger partial charge in [0.1, 0.15) is 0 Å². The van der Waals surface area contributed by atoms with E-state index in [1.165, 1.54) is 199 Å². The highest BCUT2D eigenvalue weighted by Crippen LogP contribution is 2.14. The third kappa shape index (κ3) is 43.9. The zero-order valence-electron chi connectivity index (χ0n) is 34.2. The van der Waals surface area contributed by atoms with Gasteiger partial charge in [0.05, 0.1) is 12.7 Å². The predicted octanol–water partition coefficient (Wildman–Crippen LogP) is 12.3. The zero-order chi connectivity index (χ0) is 35.4. The maximum Gasteiger partial charge on any atom is 0.0932 e. The van der Waals surface area contributed by atoms with Gasteiger partial charge in [0, 0.05) is 19.8 Å². The smallest absolute Gasteiger partial charge is 0.0932 e. The van der Waals surface area contributed by atoms with Crippen molar-refractivity contribution in [3.63, 3.8) is 0 Å². The lowest BCUT2D eigenvalue weighted by atomic mass is 10.0. The van der Waals surface area contributed by atoms with Crippen LogP contribution in [0.4, 0.5) is 0 Å². The summed E-state index contributed by atoms with van der Waals surface area (Å²) in [5.74, 6) is 0. The van der Waals surface area contributed by atoms with Crippen molar-refractivity contribution in [2.24, 2.45) is 0 Å². The van der Waals surface area contributed by atoms with Crippen LogP contribution in [-0.2, 0) is 9.47 Å². The van der Waals surface area contributed by atoms with Crippen molar-refractivity contribution >= 4 is 0 Å². The van der Waals surface area contributed by atoms with Crippen molar-refractivity contribution in [2.75, 3.05) is 59.1 Å². The Balaban J connectivity index is 3.89. The summed E-state index contributed by atoms with van der Waals surface area (Å²) in [6.07, 6.45) is 43.0. The second kappa shape index (κ2) is 45.8. The Hall–Kier alpha value is -0.200. The van der Waals surface area contributed by atoms with E-state index in [0.29, 0.717) is 0 Å². The molecule has 0 saturated carbocycles. The van der Waals surface area contributed by atoms with Crippen LogP contribution < -0.4 is 16.0 Å². The molecule has 296 valence electrons. The zero-order valence-corrected chi connectivity index (χ0v) is 34.2. The summed E-state index contributed by atoms with van der Waals surface area (Å²) in [6, 6.07) is 0. The number of ether oxygens (including phenoxy) is 2. The number of hydrogen-bond acceptors (Lipinski definition) is 5. The molecule has 1 atom stereocenters.